The number of hydrogen-bond acceptors (Lipinski definition) is 3. The first-order chi connectivity index (χ1) is 10.7. The monoisotopic (exact) mass is 318 g/mol. The summed E-state index contributed by atoms with van der Waals surface area (Å²) in [7, 11) is 1.78. The second-order valence-corrected chi connectivity index (χ2v) is 7.64. The van der Waals surface area contributed by atoms with Gasteiger partial charge in [0.15, 0.2) is 0 Å². The second-order valence-electron chi connectivity index (χ2n) is 7.64. The maximum atomic E-state index is 11.9. The minimum absolute atomic E-state index is 0.259. The highest BCUT2D eigenvalue weighted by atomic mass is 16.6. The van der Waals surface area contributed by atoms with E-state index in [2.05, 4.69) is 36.5 Å². The zero-order chi connectivity index (χ0) is 17.0. The van der Waals surface area contributed by atoms with Crippen molar-refractivity contribution in [3.63, 3.8) is 0 Å². The van der Waals surface area contributed by atoms with Crippen molar-refractivity contribution in [1.82, 2.24) is 10.2 Å². The summed E-state index contributed by atoms with van der Waals surface area (Å²) in [6.45, 7) is 9.27. The number of carbonyl (C=O) groups excluding carboxylic acids is 1. The van der Waals surface area contributed by atoms with E-state index in [0.29, 0.717) is 18.5 Å². The highest BCUT2D eigenvalue weighted by molar-refractivity contribution is 5.67. The van der Waals surface area contributed by atoms with E-state index in [4.69, 9.17) is 4.74 Å². The second kappa shape index (κ2) is 7.35. The van der Waals surface area contributed by atoms with Crippen molar-refractivity contribution >= 4 is 6.09 Å². The Morgan fingerprint density at radius 3 is 2.65 bits per heavy atom. The number of nitrogens with zero attached hydrogens (tertiary/aromatic N) is 1. The molecule has 1 fully saturated rings. The number of rotatable bonds is 5. The zero-order valence-electron chi connectivity index (χ0n) is 15.1. The van der Waals surface area contributed by atoms with Crippen molar-refractivity contribution in [3.8, 4) is 0 Å². The Kier molecular flexibility index (Phi) is 5.69. The van der Waals surface area contributed by atoms with Gasteiger partial charge in [0.1, 0.15) is 5.60 Å². The van der Waals surface area contributed by atoms with Gasteiger partial charge in [0.05, 0.1) is 0 Å². The Balaban J connectivity index is 1.64. The molecule has 0 atom stereocenters. The quantitative estimate of drug-likeness (QED) is 0.900. The van der Waals surface area contributed by atoms with Crippen LogP contribution in [0.4, 0.5) is 4.79 Å². The average molecular weight is 318 g/mol. The van der Waals surface area contributed by atoms with Crippen molar-refractivity contribution in [2.75, 3.05) is 20.1 Å². The number of amides is 1. The third-order valence-corrected chi connectivity index (χ3v) is 4.24. The van der Waals surface area contributed by atoms with Gasteiger partial charge in [-0.2, -0.15) is 0 Å². The van der Waals surface area contributed by atoms with Crippen LogP contribution in [-0.4, -0.2) is 42.8 Å². The fraction of sp³-hybridized carbons (Fsp3) is 0.632. The molecule has 0 saturated heterocycles. The molecule has 0 aromatic heterocycles. The average Bonchev–Trinajstić information content (AvgIpc) is 2.39. The van der Waals surface area contributed by atoms with E-state index in [9.17, 15) is 4.79 Å². The number of ether oxygens (including phenoxy) is 1. The normalized spacial score (nSPS) is 20.7. The molecule has 1 aliphatic rings. The minimum Gasteiger partial charge on any atom is -0.444 e. The maximum Gasteiger partial charge on any atom is 0.410 e. The molecule has 128 valence electrons. The van der Waals surface area contributed by atoms with E-state index >= 15 is 0 Å². The van der Waals surface area contributed by atoms with Crippen LogP contribution in [0.3, 0.4) is 0 Å². The predicted molar refractivity (Wildman–Crippen MR) is 93.8 cm³/mol. The largest absolute Gasteiger partial charge is 0.444 e. The molecule has 2 rings (SSSR count). The summed E-state index contributed by atoms with van der Waals surface area (Å²) >= 11 is 0. The summed E-state index contributed by atoms with van der Waals surface area (Å²) < 4.78 is 5.34. The van der Waals surface area contributed by atoms with Crippen LogP contribution in [0.2, 0.25) is 0 Å². The molecule has 0 spiro atoms. The third kappa shape index (κ3) is 5.54. The number of benzene rings is 1. The van der Waals surface area contributed by atoms with E-state index < -0.39 is 5.60 Å². The van der Waals surface area contributed by atoms with Gasteiger partial charge in [-0.15, -0.1) is 0 Å². The number of hydrogen-bond donors (Lipinski definition) is 1. The summed E-state index contributed by atoms with van der Waals surface area (Å²) in [5, 5.41) is 3.53. The van der Waals surface area contributed by atoms with Crippen LogP contribution >= 0.6 is 0 Å². The molecular weight excluding hydrogens is 288 g/mol. The first-order valence-electron chi connectivity index (χ1n) is 8.48. The number of carbonyl (C=O) groups is 1. The number of aryl methyl sites for hydroxylation is 1. The van der Waals surface area contributed by atoms with Crippen LogP contribution in [0.15, 0.2) is 24.3 Å². The summed E-state index contributed by atoms with van der Waals surface area (Å²) in [6.07, 6.45) is 2.10. The molecule has 1 aliphatic carbocycles. The van der Waals surface area contributed by atoms with E-state index in [1.54, 1.807) is 11.9 Å². The highest BCUT2D eigenvalue weighted by Gasteiger charge is 2.29. The van der Waals surface area contributed by atoms with Gasteiger partial charge in [-0.25, -0.2) is 4.79 Å². The standard InChI is InChI=1S/C19H30N2O2/c1-14-7-6-8-15(11-14)16-12-17(13-16)20-9-10-21(5)18(22)23-19(2,3)4/h6-8,11,16-17,20H,9-10,12-13H2,1-5H3. The molecule has 1 aromatic carbocycles. The van der Waals surface area contributed by atoms with Crippen LogP contribution in [0.25, 0.3) is 0 Å². The van der Waals surface area contributed by atoms with Crippen molar-refractivity contribution in [3.05, 3.63) is 35.4 Å². The first kappa shape index (κ1) is 17.8. The molecule has 0 aliphatic heterocycles. The van der Waals surface area contributed by atoms with E-state index in [1.807, 2.05) is 20.8 Å². The predicted octanol–water partition coefficient (Wildman–Crippen LogP) is 3.70. The Morgan fingerprint density at radius 2 is 2.04 bits per heavy atom. The summed E-state index contributed by atoms with van der Waals surface area (Å²) in [4.78, 5) is 13.5. The van der Waals surface area contributed by atoms with Gasteiger partial charge in [0, 0.05) is 26.2 Å². The highest BCUT2D eigenvalue weighted by Crippen LogP contribution is 2.36. The lowest BCUT2D eigenvalue weighted by molar-refractivity contribution is 0.0298. The van der Waals surface area contributed by atoms with Crippen molar-refractivity contribution in [1.29, 1.82) is 0 Å². The molecule has 4 nitrogen and oxygen atoms in total. The van der Waals surface area contributed by atoms with Gasteiger partial charge in [-0.3, -0.25) is 0 Å². The molecule has 1 N–H and O–H groups in total. The molecular formula is C19H30N2O2. The Labute approximate surface area is 140 Å². The smallest absolute Gasteiger partial charge is 0.410 e. The van der Waals surface area contributed by atoms with Crippen LogP contribution in [-0.2, 0) is 4.74 Å². The minimum atomic E-state index is -0.437. The Bertz CT molecular complexity index is 530. The van der Waals surface area contributed by atoms with Crippen molar-refractivity contribution < 1.29 is 9.53 Å². The van der Waals surface area contributed by atoms with Gasteiger partial charge in [-0.1, -0.05) is 29.8 Å². The lowest BCUT2D eigenvalue weighted by atomic mass is 9.75. The molecule has 1 aromatic rings. The molecule has 4 heteroatoms. The molecule has 0 bridgehead atoms. The SMILES string of the molecule is Cc1cccc(C2CC(NCCN(C)C(=O)OC(C)(C)C)C2)c1. The lowest BCUT2D eigenvalue weighted by Gasteiger charge is -2.37. The van der Waals surface area contributed by atoms with E-state index in [1.165, 1.54) is 24.0 Å². The topological polar surface area (TPSA) is 41.6 Å². The summed E-state index contributed by atoms with van der Waals surface area (Å²) in [5.41, 5.74) is 2.35. The van der Waals surface area contributed by atoms with Crippen molar-refractivity contribution in [2.45, 2.75) is 58.1 Å². The lowest BCUT2D eigenvalue weighted by Crippen LogP contribution is -2.44. The zero-order valence-corrected chi connectivity index (χ0v) is 15.1. The number of likely N-dealkylation sites (N-methyl/N-ethyl adjacent to an activating group) is 1. The fourth-order valence-corrected chi connectivity index (χ4v) is 2.85. The van der Waals surface area contributed by atoms with Crippen LogP contribution in [0.1, 0.15) is 50.7 Å². The molecule has 0 radical (unpaired) electrons. The summed E-state index contributed by atoms with van der Waals surface area (Å²) in [6, 6.07) is 9.36. The van der Waals surface area contributed by atoms with Gasteiger partial charge in [-0.05, 0) is 52.0 Å². The molecule has 1 saturated carbocycles. The van der Waals surface area contributed by atoms with Crippen molar-refractivity contribution in [2.24, 2.45) is 0 Å². The molecule has 0 unspecified atom stereocenters. The number of nitrogens with one attached hydrogen (secondary N) is 1. The van der Waals surface area contributed by atoms with Gasteiger partial charge in [0.25, 0.3) is 0 Å². The summed E-state index contributed by atoms with van der Waals surface area (Å²) in [5.74, 6) is 0.677. The van der Waals surface area contributed by atoms with Crippen LogP contribution < -0.4 is 5.32 Å². The molecule has 0 heterocycles. The van der Waals surface area contributed by atoms with E-state index in [0.717, 1.165) is 6.54 Å². The van der Waals surface area contributed by atoms with Gasteiger partial charge in [0.2, 0.25) is 0 Å². The first-order valence-corrected chi connectivity index (χ1v) is 8.48. The third-order valence-electron chi connectivity index (χ3n) is 4.24. The Hall–Kier alpha value is -1.55. The van der Waals surface area contributed by atoms with E-state index in [-0.39, 0.29) is 6.09 Å². The maximum absolute atomic E-state index is 11.9. The van der Waals surface area contributed by atoms with Gasteiger partial charge < -0.3 is 15.0 Å². The van der Waals surface area contributed by atoms with Crippen LogP contribution in [0.5, 0.6) is 0 Å². The molecule has 23 heavy (non-hydrogen) atoms. The Morgan fingerprint density at radius 1 is 1.35 bits per heavy atom. The van der Waals surface area contributed by atoms with Gasteiger partial charge >= 0.3 is 6.09 Å². The van der Waals surface area contributed by atoms with Crippen LogP contribution in [0, 0.1) is 6.92 Å². The molecule has 1 amide bonds. The fourth-order valence-electron chi connectivity index (χ4n) is 2.85.